The zero-order valence-electron chi connectivity index (χ0n) is 7.27. The summed E-state index contributed by atoms with van der Waals surface area (Å²) in [4.78, 5) is 0. The molecule has 4 nitrogen and oxygen atoms in total. The minimum absolute atomic E-state index is 0.703. The van der Waals surface area contributed by atoms with Crippen LogP contribution >= 0.6 is 0 Å². The van der Waals surface area contributed by atoms with Crippen molar-refractivity contribution in [2.24, 2.45) is 0 Å². The SMILES string of the molecule is Nc1cccc2oc3cnncc3c12. The third kappa shape index (κ3) is 0.821. The molecule has 68 valence electrons. The largest absolute Gasteiger partial charge is 0.454 e. The zero-order valence-corrected chi connectivity index (χ0v) is 7.27. The van der Waals surface area contributed by atoms with Gasteiger partial charge in [-0.15, -0.1) is 0 Å². The number of rotatable bonds is 0. The first kappa shape index (κ1) is 7.32. The lowest BCUT2D eigenvalue weighted by Crippen LogP contribution is -1.84. The molecule has 0 saturated carbocycles. The van der Waals surface area contributed by atoms with Crippen LogP contribution in [0.2, 0.25) is 0 Å². The molecule has 0 radical (unpaired) electrons. The summed E-state index contributed by atoms with van der Waals surface area (Å²) in [7, 11) is 0. The van der Waals surface area contributed by atoms with Crippen molar-refractivity contribution in [2.75, 3.05) is 5.73 Å². The molecule has 0 aliphatic carbocycles. The summed E-state index contributed by atoms with van der Waals surface area (Å²) < 4.78 is 5.55. The van der Waals surface area contributed by atoms with E-state index in [0.29, 0.717) is 11.3 Å². The number of hydrogen-bond acceptors (Lipinski definition) is 4. The minimum atomic E-state index is 0.703. The van der Waals surface area contributed by atoms with Gasteiger partial charge in [0.1, 0.15) is 5.58 Å². The molecule has 0 unspecified atom stereocenters. The smallest absolute Gasteiger partial charge is 0.157 e. The summed E-state index contributed by atoms with van der Waals surface area (Å²) >= 11 is 0. The summed E-state index contributed by atoms with van der Waals surface area (Å²) in [6.45, 7) is 0. The first-order valence-electron chi connectivity index (χ1n) is 4.23. The second-order valence-electron chi connectivity index (χ2n) is 3.09. The molecule has 2 heterocycles. The Balaban J connectivity index is 2.65. The van der Waals surface area contributed by atoms with Gasteiger partial charge < -0.3 is 10.2 Å². The van der Waals surface area contributed by atoms with Crippen LogP contribution in [-0.2, 0) is 0 Å². The summed E-state index contributed by atoms with van der Waals surface area (Å²) in [6.07, 6.45) is 3.26. The molecular weight excluding hydrogens is 178 g/mol. The van der Waals surface area contributed by atoms with Gasteiger partial charge in [0.15, 0.2) is 5.58 Å². The number of nitrogen functional groups attached to an aromatic ring is 1. The number of fused-ring (bicyclic) bond motifs is 3. The highest BCUT2D eigenvalue weighted by Gasteiger charge is 2.08. The summed E-state index contributed by atoms with van der Waals surface area (Å²) in [5, 5.41) is 9.39. The number of benzene rings is 1. The van der Waals surface area contributed by atoms with Crippen LogP contribution in [0.25, 0.3) is 21.9 Å². The molecule has 0 aliphatic heterocycles. The third-order valence-corrected chi connectivity index (χ3v) is 2.24. The Bertz CT molecular complexity index is 615. The first-order chi connectivity index (χ1) is 6.86. The van der Waals surface area contributed by atoms with Crippen molar-refractivity contribution >= 4 is 27.6 Å². The molecule has 0 saturated heterocycles. The minimum Gasteiger partial charge on any atom is -0.454 e. The average Bonchev–Trinajstić information content (AvgIpc) is 2.57. The monoisotopic (exact) mass is 185 g/mol. The lowest BCUT2D eigenvalue weighted by Gasteiger charge is -1.92. The number of nitrogens with zero attached hydrogens (tertiary/aromatic N) is 2. The number of anilines is 1. The second-order valence-corrected chi connectivity index (χ2v) is 3.09. The third-order valence-electron chi connectivity index (χ3n) is 2.24. The lowest BCUT2D eigenvalue weighted by molar-refractivity contribution is 0.665. The van der Waals surface area contributed by atoms with Crippen LogP contribution in [0.5, 0.6) is 0 Å². The maximum absolute atomic E-state index is 5.86. The molecule has 3 rings (SSSR count). The highest BCUT2D eigenvalue weighted by molar-refractivity contribution is 6.10. The Hall–Kier alpha value is -2.10. The average molecular weight is 185 g/mol. The summed E-state index contributed by atoms with van der Waals surface area (Å²) in [5.74, 6) is 0. The van der Waals surface area contributed by atoms with E-state index in [1.54, 1.807) is 12.4 Å². The Morgan fingerprint density at radius 1 is 1.07 bits per heavy atom. The maximum Gasteiger partial charge on any atom is 0.157 e. The molecule has 0 spiro atoms. The van der Waals surface area contributed by atoms with Crippen LogP contribution in [0.1, 0.15) is 0 Å². The van der Waals surface area contributed by atoms with Gasteiger partial charge in [-0.1, -0.05) is 6.07 Å². The van der Waals surface area contributed by atoms with Gasteiger partial charge in [-0.3, -0.25) is 0 Å². The van der Waals surface area contributed by atoms with Gasteiger partial charge in [-0.2, -0.15) is 10.2 Å². The van der Waals surface area contributed by atoms with Crippen LogP contribution in [-0.4, -0.2) is 10.2 Å². The molecule has 3 aromatic rings. The van der Waals surface area contributed by atoms with Crippen LogP contribution < -0.4 is 5.73 Å². The molecule has 2 aromatic heterocycles. The van der Waals surface area contributed by atoms with E-state index in [1.165, 1.54) is 0 Å². The van der Waals surface area contributed by atoms with E-state index in [4.69, 9.17) is 10.2 Å². The fourth-order valence-electron chi connectivity index (χ4n) is 1.62. The van der Waals surface area contributed by atoms with E-state index < -0.39 is 0 Å². The van der Waals surface area contributed by atoms with E-state index in [9.17, 15) is 0 Å². The summed E-state index contributed by atoms with van der Waals surface area (Å²) in [5.41, 5.74) is 8.05. The van der Waals surface area contributed by atoms with Gasteiger partial charge in [0.2, 0.25) is 0 Å². The van der Waals surface area contributed by atoms with Crippen molar-refractivity contribution in [1.29, 1.82) is 0 Å². The number of hydrogen-bond donors (Lipinski definition) is 1. The van der Waals surface area contributed by atoms with Crippen molar-refractivity contribution in [1.82, 2.24) is 10.2 Å². The lowest BCUT2D eigenvalue weighted by atomic mass is 10.2. The van der Waals surface area contributed by atoms with Gasteiger partial charge in [0, 0.05) is 5.69 Å². The second kappa shape index (κ2) is 2.45. The first-order valence-corrected chi connectivity index (χ1v) is 4.23. The van der Waals surface area contributed by atoms with Crippen LogP contribution in [0, 0.1) is 0 Å². The predicted octanol–water partition coefficient (Wildman–Crippen LogP) is 1.96. The van der Waals surface area contributed by atoms with Gasteiger partial charge in [0.05, 0.1) is 23.2 Å². The predicted molar refractivity (Wildman–Crippen MR) is 53.7 cm³/mol. The fourth-order valence-corrected chi connectivity index (χ4v) is 1.62. The highest BCUT2D eigenvalue weighted by Crippen LogP contribution is 2.31. The van der Waals surface area contributed by atoms with Crippen molar-refractivity contribution < 1.29 is 4.42 Å². The van der Waals surface area contributed by atoms with Crippen LogP contribution in [0.3, 0.4) is 0 Å². The van der Waals surface area contributed by atoms with Crippen LogP contribution in [0.4, 0.5) is 5.69 Å². The summed E-state index contributed by atoms with van der Waals surface area (Å²) in [6, 6.07) is 5.59. The fraction of sp³-hybridized carbons (Fsp3) is 0. The Labute approximate surface area is 79.3 Å². The normalized spacial score (nSPS) is 11.1. The van der Waals surface area contributed by atoms with Crippen molar-refractivity contribution in [3.05, 3.63) is 30.6 Å². The number of nitrogens with two attached hydrogens (primary N) is 1. The molecule has 0 amide bonds. The Kier molecular flexibility index (Phi) is 1.28. The molecule has 0 fully saturated rings. The topological polar surface area (TPSA) is 64.9 Å². The number of aromatic nitrogens is 2. The molecule has 0 atom stereocenters. The number of furan rings is 1. The standard InChI is InChI=1S/C10H7N3O/c11-7-2-1-3-8-10(7)6-4-12-13-5-9(6)14-8/h1-5H,11H2. The van der Waals surface area contributed by atoms with E-state index in [0.717, 1.165) is 16.4 Å². The quantitative estimate of drug-likeness (QED) is 0.543. The molecule has 1 aromatic carbocycles. The molecule has 14 heavy (non-hydrogen) atoms. The van der Waals surface area contributed by atoms with E-state index in [-0.39, 0.29) is 0 Å². The van der Waals surface area contributed by atoms with Gasteiger partial charge in [-0.05, 0) is 12.1 Å². The highest BCUT2D eigenvalue weighted by atomic mass is 16.3. The van der Waals surface area contributed by atoms with Gasteiger partial charge >= 0.3 is 0 Å². The van der Waals surface area contributed by atoms with Crippen molar-refractivity contribution in [3.63, 3.8) is 0 Å². The maximum atomic E-state index is 5.86. The van der Waals surface area contributed by atoms with Gasteiger partial charge in [0.25, 0.3) is 0 Å². The zero-order chi connectivity index (χ0) is 9.54. The van der Waals surface area contributed by atoms with Gasteiger partial charge in [-0.25, -0.2) is 0 Å². The molecule has 4 heteroatoms. The Morgan fingerprint density at radius 2 is 1.93 bits per heavy atom. The van der Waals surface area contributed by atoms with E-state index in [2.05, 4.69) is 10.2 Å². The van der Waals surface area contributed by atoms with Crippen molar-refractivity contribution in [2.45, 2.75) is 0 Å². The molecule has 2 N–H and O–H groups in total. The van der Waals surface area contributed by atoms with Crippen LogP contribution in [0.15, 0.2) is 35.0 Å². The van der Waals surface area contributed by atoms with Crippen molar-refractivity contribution in [3.8, 4) is 0 Å². The molecular formula is C10H7N3O. The molecule has 0 bridgehead atoms. The Morgan fingerprint density at radius 3 is 2.86 bits per heavy atom. The van der Waals surface area contributed by atoms with E-state index >= 15 is 0 Å². The van der Waals surface area contributed by atoms with E-state index in [1.807, 2.05) is 18.2 Å². The molecule has 0 aliphatic rings.